The molecule has 4 rings (SSSR count). The van der Waals surface area contributed by atoms with E-state index in [2.05, 4.69) is 4.90 Å². The number of aliphatic hydroxyl groups excluding tert-OH is 1. The molecule has 1 fully saturated rings. The molecule has 32 heavy (non-hydrogen) atoms. The van der Waals surface area contributed by atoms with Crippen LogP contribution in [0, 0.1) is 0 Å². The molecule has 0 aliphatic carbocycles. The van der Waals surface area contributed by atoms with Gasteiger partial charge in [0.15, 0.2) is 6.10 Å². The van der Waals surface area contributed by atoms with E-state index in [0.29, 0.717) is 41.8 Å². The lowest BCUT2D eigenvalue weighted by molar-refractivity contribution is -0.140. The van der Waals surface area contributed by atoms with E-state index in [1.165, 1.54) is 12.1 Å². The van der Waals surface area contributed by atoms with E-state index in [1.54, 1.807) is 29.2 Å². The minimum Gasteiger partial charge on any atom is -0.508 e. The zero-order valence-electron chi connectivity index (χ0n) is 17.2. The fourth-order valence-electron chi connectivity index (χ4n) is 3.33. The molecule has 3 aromatic rings. The number of hydrogen-bond donors (Lipinski definition) is 2. The van der Waals surface area contributed by atoms with E-state index in [4.69, 9.17) is 34.8 Å². The maximum absolute atomic E-state index is 12.5. The highest BCUT2D eigenvalue weighted by Crippen LogP contribution is 2.30. The summed E-state index contributed by atoms with van der Waals surface area (Å²) in [6.07, 6.45) is -1.28. The lowest BCUT2D eigenvalue weighted by Crippen LogP contribution is -2.50. The van der Waals surface area contributed by atoms with E-state index in [9.17, 15) is 15.0 Å². The lowest BCUT2D eigenvalue weighted by Gasteiger charge is -2.37. The summed E-state index contributed by atoms with van der Waals surface area (Å²) in [5.41, 5.74) is 1.26. The van der Waals surface area contributed by atoms with Gasteiger partial charge in [0.05, 0.1) is 10.7 Å². The second-order valence-corrected chi connectivity index (χ2v) is 8.48. The van der Waals surface area contributed by atoms with Crippen LogP contribution < -0.4 is 4.90 Å². The number of piperazine rings is 1. The minimum absolute atomic E-state index is 0.0200. The van der Waals surface area contributed by atoms with Gasteiger partial charge in [-0.25, -0.2) is 0 Å². The fourth-order valence-corrected chi connectivity index (χ4v) is 4.00. The Morgan fingerprint density at radius 3 is 2.06 bits per heavy atom. The second-order valence-electron chi connectivity index (χ2n) is 7.20. The van der Waals surface area contributed by atoms with Gasteiger partial charge in [-0.15, -0.1) is 0 Å². The zero-order valence-corrected chi connectivity index (χ0v) is 19.4. The monoisotopic (exact) mass is 492 g/mol. The van der Waals surface area contributed by atoms with Crippen LogP contribution in [0.25, 0.3) is 0 Å². The summed E-state index contributed by atoms with van der Waals surface area (Å²) in [6, 6.07) is 20.9. The average molecular weight is 494 g/mol. The summed E-state index contributed by atoms with van der Waals surface area (Å²) < 4.78 is 0. The molecular formula is C24H23Cl3N2O3. The predicted molar refractivity (Wildman–Crippen MR) is 130 cm³/mol. The third-order valence-electron chi connectivity index (χ3n) is 4.99. The van der Waals surface area contributed by atoms with Crippen LogP contribution >= 0.6 is 34.8 Å². The maximum Gasteiger partial charge on any atom is 0.256 e. The first-order chi connectivity index (χ1) is 15.3. The molecule has 2 N–H and O–H groups in total. The topological polar surface area (TPSA) is 64.0 Å². The van der Waals surface area contributed by atoms with Crippen LogP contribution in [0.5, 0.6) is 5.75 Å². The van der Waals surface area contributed by atoms with Gasteiger partial charge in [-0.3, -0.25) is 4.79 Å². The number of aromatic hydroxyl groups is 1. The number of carbonyl (C=O) groups excluding carboxylic acids is 1. The number of amides is 1. The molecule has 1 unspecified atom stereocenters. The third-order valence-corrected chi connectivity index (χ3v) is 5.78. The highest BCUT2D eigenvalue weighted by molar-refractivity contribution is 6.36. The van der Waals surface area contributed by atoms with Crippen molar-refractivity contribution in [3.8, 4) is 5.75 Å². The van der Waals surface area contributed by atoms with Crippen molar-refractivity contribution in [1.82, 2.24) is 4.90 Å². The molecule has 8 heteroatoms. The van der Waals surface area contributed by atoms with Gasteiger partial charge in [0.25, 0.3) is 5.91 Å². The first-order valence-corrected chi connectivity index (χ1v) is 11.1. The van der Waals surface area contributed by atoms with Crippen LogP contribution in [0.1, 0.15) is 11.7 Å². The van der Waals surface area contributed by atoms with Crippen molar-refractivity contribution in [2.24, 2.45) is 0 Å². The van der Waals surface area contributed by atoms with Crippen molar-refractivity contribution in [1.29, 1.82) is 0 Å². The Bertz CT molecular complexity index is 1040. The van der Waals surface area contributed by atoms with E-state index < -0.39 is 6.10 Å². The van der Waals surface area contributed by atoms with Crippen LogP contribution in [0.15, 0.2) is 72.8 Å². The van der Waals surface area contributed by atoms with E-state index >= 15 is 0 Å². The van der Waals surface area contributed by atoms with Crippen LogP contribution in [-0.2, 0) is 4.79 Å². The van der Waals surface area contributed by atoms with E-state index in [-0.39, 0.29) is 11.7 Å². The largest absolute Gasteiger partial charge is 0.508 e. The van der Waals surface area contributed by atoms with Gasteiger partial charge in [-0.2, -0.15) is 0 Å². The molecular weight excluding hydrogens is 471 g/mol. The van der Waals surface area contributed by atoms with Gasteiger partial charge in [0.1, 0.15) is 5.75 Å². The molecule has 1 aliphatic rings. The maximum atomic E-state index is 12.5. The summed E-state index contributed by atoms with van der Waals surface area (Å²) in [5, 5.41) is 21.7. The van der Waals surface area contributed by atoms with Gasteiger partial charge in [-0.1, -0.05) is 65.1 Å². The Kier molecular flexibility index (Phi) is 8.65. The Hall–Kier alpha value is -2.44. The summed E-state index contributed by atoms with van der Waals surface area (Å²) in [5.74, 6) is -0.348. The van der Waals surface area contributed by atoms with Crippen molar-refractivity contribution >= 4 is 46.4 Å². The first kappa shape index (κ1) is 24.2. The fraction of sp³-hybridized carbons (Fsp3) is 0.208. The van der Waals surface area contributed by atoms with Gasteiger partial charge >= 0.3 is 0 Å². The Morgan fingerprint density at radius 2 is 1.50 bits per heavy atom. The van der Waals surface area contributed by atoms with Crippen molar-refractivity contribution < 1.29 is 15.0 Å². The number of halogens is 3. The second kappa shape index (κ2) is 11.4. The summed E-state index contributed by atoms with van der Waals surface area (Å²) in [7, 11) is 0. The van der Waals surface area contributed by atoms with Gasteiger partial charge in [0.2, 0.25) is 0 Å². The number of anilines is 1. The third kappa shape index (κ3) is 6.53. The summed E-state index contributed by atoms with van der Waals surface area (Å²) >= 11 is 17.7. The number of phenols is 1. The number of nitrogens with zero attached hydrogens (tertiary/aromatic N) is 2. The van der Waals surface area contributed by atoms with E-state index in [0.717, 1.165) is 10.7 Å². The lowest BCUT2D eigenvalue weighted by atomic mass is 10.1. The van der Waals surface area contributed by atoms with Crippen LogP contribution in [-0.4, -0.2) is 47.2 Å². The Balaban J connectivity index is 0.000000352. The Morgan fingerprint density at radius 1 is 0.812 bits per heavy atom. The molecule has 1 heterocycles. The van der Waals surface area contributed by atoms with Crippen molar-refractivity contribution in [2.75, 3.05) is 31.1 Å². The quantitative estimate of drug-likeness (QED) is 0.511. The highest BCUT2D eigenvalue weighted by Gasteiger charge is 2.28. The van der Waals surface area contributed by atoms with Crippen molar-refractivity contribution in [3.05, 3.63) is 93.4 Å². The molecule has 168 valence electrons. The minimum atomic E-state index is -1.28. The number of rotatable bonds is 3. The van der Waals surface area contributed by atoms with Gasteiger partial charge < -0.3 is 20.0 Å². The molecule has 3 aromatic carbocycles. The van der Waals surface area contributed by atoms with Crippen molar-refractivity contribution in [2.45, 2.75) is 6.10 Å². The van der Waals surface area contributed by atoms with Crippen LogP contribution in [0.3, 0.4) is 0 Å². The van der Waals surface area contributed by atoms with Gasteiger partial charge in [-0.05, 0) is 48.0 Å². The zero-order chi connectivity index (χ0) is 23.1. The predicted octanol–water partition coefficient (Wildman–Crippen LogP) is 5.42. The summed E-state index contributed by atoms with van der Waals surface area (Å²) in [6.45, 7) is 2.18. The smallest absolute Gasteiger partial charge is 0.256 e. The van der Waals surface area contributed by atoms with Crippen LogP contribution in [0.4, 0.5) is 5.69 Å². The summed E-state index contributed by atoms with van der Waals surface area (Å²) in [4.78, 5) is 16.2. The van der Waals surface area contributed by atoms with Crippen molar-refractivity contribution in [3.63, 3.8) is 0 Å². The molecule has 1 amide bonds. The normalized spacial score (nSPS) is 14.4. The standard InChI is InChI=1S/C18H18Cl2N2O3.C6H5Cl/c19-13-4-5-16(15(20)11-13)21-6-8-22(9-7-21)18(25)17(24)12-2-1-3-14(23)10-12;7-6-4-2-1-3-5-6/h1-5,10-11,17,23-24H,6-9H2;1-5H. The SMILES string of the molecule is Clc1ccccc1.O=C(C(O)c1cccc(O)c1)N1CCN(c2ccc(Cl)cc2Cl)CC1. The average Bonchev–Trinajstić information content (AvgIpc) is 2.79. The number of aliphatic hydroxyl groups is 1. The number of hydrogen-bond acceptors (Lipinski definition) is 4. The molecule has 0 aromatic heterocycles. The first-order valence-electron chi connectivity index (χ1n) is 10.0. The van der Waals surface area contributed by atoms with Crippen LogP contribution in [0.2, 0.25) is 15.1 Å². The molecule has 0 spiro atoms. The molecule has 1 saturated heterocycles. The highest BCUT2D eigenvalue weighted by atomic mass is 35.5. The van der Waals surface area contributed by atoms with E-state index in [1.807, 2.05) is 36.4 Å². The molecule has 1 aliphatic heterocycles. The molecule has 0 bridgehead atoms. The number of phenolic OH excluding ortho intramolecular Hbond substituents is 1. The molecule has 0 radical (unpaired) electrons. The molecule has 1 atom stereocenters. The number of benzene rings is 3. The Labute approximate surface area is 202 Å². The molecule has 0 saturated carbocycles. The molecule has 5 nitrogen and oxygen atoms in total. The van der Waals surface area contributed by atoms with Gasteiger partial charge in [0, 0.05) is 36.2 Å². The number of carbonyl (C=O) groups is 1.